The van der Waals surface area contributed by atoms with Crippen LogP contribution >= 0.6 is 11.9 Å². The van der Waals surface area contributed by atoms with Crippen LogP contribution in [0, 0.1) is 0 Å². The van der Waals surface area contributed by atoms with Crippen LogP contribution < -0.4 is 25.8 Å². The Morgan fingerprint density at radius 3 is 2.59 bits per heavy atom. The van der Waals surface area contributed by atoms with Crippen molar-refractivity contribution in [2.75, 3.05) is 37.3 Å². The SMILES string of the molecule is NCCSNC(CNC(=O)c1ccc(OCCNc2ncccn2)cc1)C(=O)O. The lowest BCUT2D eigenvalue weighted by Gasteiger charge is -2.14. The molecule has 0 saturated heterocycles. The molecule has 0 radical (unpaired) electrons. The quantitative estimate of drug-likeness (QED) is 0.227. The number of nitrogens with one attached hydrogen (secondary N) is 3. The fourth-order valence-electron chi connectivity index (χ4n) is 2.12. The Morgan fingerprint density at radius 2 is 1.93 bits per heavy atom. The van der Waals surface area contributed by atoms with Crippen molar-refractivity contribution in [1.82, 2.24) is 20.0 Å². The molecule has 11 heteroatoms. The van der Waals surface area contributed by atoms with E-state index in [1.807, 2.05) is 0 Å². The lowest BCUT2D eigenvalue weighted by molar-refractivity contribution is -0.138. The van der Waals surface area contributed by atoms with Crippen LogP contribution in [0.2, 0.25) is 0 Å². The third kappa shape index (κ3) is 8.34. The fraction of sp³-hybridized carbons (Fsp3) is 0.333. The molecule has 0 spiro atoms. The minimum atomic E-state index is -1.05. The highest BCUT2D eigenvalue weighted by atomic mass is 32.2. The third-order valence-corrected chi connectivity index (χ3v) is 4.44. The van der Waals surface area contributed by atoms with Gasteiger partial charge < -0.3 is 26.2 Å². The minimum Gasteiger partial charge on any atom is -0.492 e. The van der Waals surface area contributed by atoms with E-state index in [0.717, 1.165) is 0 Å². The Bertz CT molecular complexity index is 763. The first-order chi connectivity index (χ1) is 14.1. The number of benzene rings is 1. The molecular formula is C18H24N6O4S. The van der Waals surface area contributed by atoms with Crippen LogP contribution in [0.5, 0.6) is 5.75 Å². The third-order valence-electron chi connectivity index (χ3n) is 3.55. The summed E-state index contributed by atoms with van der Waals surface area (Å²) in [7, 11) is 0. The topological polar surface area (TPSA) is 151 Å². The molecule has 29 heavy (non-hydrogen) atoms. The molecule has 156 valence electrons. The van der Waals surface area contributed by atoms with Crippen molar-refractivity contribution in [3.63, 3.8) is 0 Å². The Balaban J connectivity index is 1.73. The van der Waals surface area contributed by atoms with E-state index in [1.54, 1.807) is 42.7 Å². The molecule has 0 aliphatic carbocycles. The Hall–Kier alpha value is -2.89. The van der Waals surface area contributed by atoms with Gasteiger partial charge in [0, 0.05) is 36.8 Å². The van der Waals surface area contributed by atoms with Gasteiger partial charge in [-0.3, -0.25) is 9.59 Å². The normalized spacial score (nSPS) is 11.5. The number of amides is 1. The Labute approximate surface area is 172 Å². The highest BCUT2D eigenvalue weighted by Crippen LogP contribution is 2.12. The van der Waals surface area contributed by atoms with E-state index < -0.39 is 12.0 Å². The van der Waals surface area contributed by atoms with Crippen molar-refractivity contribution < 1.29 is 19.4 Å². The van der Waals surface area contributed by atoms with Gasteiger partial charge in [-0.15, -0.1) is 0 Å². The van der Waals surface area contributed by atoms with Crippen LogP contribution in [-0.4, -0.2) is 65.0 Å². The van der Waals surface area contributed by atoms with Crippen molar-refractivity contribution in [2.45, 2.75) is 6.04 Å². The van der Waals surface area contributed by atoms with Crippen LogP contribution in [0.1, 0.15) is 10.4 Å². The average Bonchev–Trinajstić information content (AvgIpc) is 2.74. The molecule has 0 fully saturated rings. The summed E-state index contributed by atoms with van der Waals surface area (Å²) >= 11 is 1.21. The summed E-state index contributed by atoms with van der Waals surface area (Å²) in [6, 6.07) is 7.42. The first-order valence-corrected chi connectivity index (χ1v) is 9.91. The van der Waals surface area contributed by atoms with Gasteiger partial charge >= 0.3 is 5.97 Å². The van der Waals surface area contributed by atoms with Gasteiger partial charge in [-0.05, 0) is 30.3 Å². The number of hydrogen-bond acceptors (Lipinski definition) is 9. The Kier molecular flexibility index (Phi) is 9.69. The standard InChI is InChI=1S/C18H24N6O4S/c19-6-11-29-24-15(17(26)27)12-23-16(25)13-2-4-14(5-3-13)28-10-9-22-18-20-7-1-8-21-18/h1-5,7-8,15,24H,6,9-12,19H2,(H,23,25)(H,26,27)(H,20,21,22). The molecule has 1 aromatic heterocycles. The van der Waals surface area contributed by atoms with Crippen LogP contribution in [0.3, 0.4) is 0 Å². The number of carboxylic acids is 1. The molecule has 6 N–H and O–H groups in total. The van der Waals surface area contributed by atoms with E-state index in [-0.39, 0.29) is 12.5 Å². The van der Waals surface area contributed by atoms with E-state index in [9.17, 15) is 14.7 Å². The molecule has 0 aliphatic heterocycles. The zero-order chi connectivity index (χ0) is 20.9. The second-order valence-electron chi connectivity index (χ2n) is 5.73. The van der Waals surface area contributed by atoms with E-state index >= 15 is 0 Å². The number of carbonyl (C=O) groups is 2. The van der Waals surface area contributed by atoms with Crippen LogP contribution in [0.15, 0.2) is 42.7 Å². The molecule has 1 amide bonds. The zero-order valence-corrected chi connectivity index (χ0v) is 16.5. The Morgan fingerprint density at radius 1 is 1.21 bits per heavy atom. The summed E-state index contributed by atoms with van der Waals surface area (Å²) in [5, 5.41) is 14.8. The van der Waals surface area contributed by atoms with Gasteiger partial charge in [-0.2, -0.15) is 0 Å². The molecule has 1 heterocycles. The number of aromatic nitrogens is 2. The predicted molar refractivity (Wildman–Crippen MR) is 111 cm³/mol. The van der Waals surface area contributed by atoms with Gasteiger partial charge in [0.1, 0.15) is 18.4 Å². The van der Waals surface area contributed by atoms with Gasteiger partial charge in [0.05, 0.1) is 6.54 Å². The van der Waals surface area contributed by atoms with E-state index in [2.05, 4.69) is 25.3 Å². The summed E-state index contributed by atoms with van der Waals surface area (Å²) in [6.45, 7) is 1.31. The first-order valence-electron chi connectivity index (χ1n) is 8.92. The highest BCUT2D eigenvalue weighted by molar-refractivity contribution is 7.97. The lowest BCUT2D eigenvalue weighted by Crippen LogP contribution is -2.43. The molecule has 0 bridgehead atoms. The summed E-state index contributed by atoms with van der Waals surface area (Å²) in [5.74, 6) is 0.302. The highest BCUT2D eigenvalue weighted by Gasteiger charge is 2.18. The molecule has 0 saturated carbocycles. The van der Waals surface area contributed by atoms with Crippen molar-refractivity contribution in [3.05, 3.63) is 48.3 Å². The largest absolute Gasteiger partial charge is 0.492 e. The number of carboxylic acid groups (broad SMARTS) is 1. The monoisotopic (exact) mass is 420 g/mol. The number of nitrogens with zero attached hydrogens (tertiary/aromatic N) is 2. The summed E-state index contributed by atoms with van der Waals surface area (Å²) in [4.78, 5) is 31.5. The lowest BCUT2D eigenvalue weighted by atomic mass is 10.2. The number of anilines is 1. The van der Waals surface area contributed by atoms with Crippen LogP contribution in [0.4, 0.5) is 5.95 Å². The predicted octanol–water partition coefficient (Wildman–Crippen LogP) is 0.347. The molecule has 1 aromatic carbocycles. The zero-order valence-electron chi connectivity index (χ0n) is 15.7. The van der Waals surface area contributed by atoms with Crippen molar-refractivity contribution in [1.29, 1.82) is 0 Å². The summed E-state index contributed by atoms with van der Waals surface area (Å²) in [6.07, 6.45) is 3.29. The molecular weight excluding hydrogens is 396 g/mol. The molecule has 2 rings (SSSR count). The number of hydrogen-bond donors (Lipinski definition) is 5. The van der Waals surface area contributed by atoms with E-state index in [4.69, 9.17) is 10.5 Å². The van der Waals surface area contributed by atoms with Crippen molar-refractivity contribution in [3.8, 4) is 5.75 Å². The van der Waals surface area contributed by atoms with Gasteiger partial charge in [-0.25, -0.2) is 14.7 Å². The van der Waals surface area contributed by atoms with Crippen molar-refractivity contribution in [2.24, 2.45) is 5.73 Å². The van der Waals surface area contributed by atoms with Gasteiger partial charge in [0.2, 0.25) is 5.95 Å². The second-order valence-corrected chi connectivity index (χ2v) is 6.66. The first kappa shape index (κ1) is 22.4. The maximum atomic E-state index is 12.2. The van der Waals surface area contributed by atoms with E-state index in [0.29, 0.717) is 42.7 Å². The summed E-state index contributed by atoms with van der Waals surface area (Å²) in [5.41, 5.74) is 5.78. The van der Waals surface area contributed by atoms with Gasteiger partial charge in [-0.1, -0.05) is 11.9 Å². The van der Waals surface area contributed by atoms with E-state index in [1.165, 1.54) is 11.9 Å². The number of rotatable bonds is 13. The van der Waals surface area contributed by atoms with Crippen LogP contribution in [0.25, 0.3) is 0 Å². The number of nitrogens with two attached hydrogens (primary N) is 1. The molecule has 0 aliphatic rings. The average molecular weight is 420 g/mol. The number of aliphatic carboxylic acids is 1. The molecule has 1 unspecified atom stereocenters. The smallest absolute Gasteiger partial charge is 0.323 e. The molecule has 1 atom stereocenters. The maximum absolute atomic E-state index is 12.2. The fourth-order valence-corrected chi connectivity index (χ4v) is 2.74. The molecule has 10 nitrogen and oxygen atoms in total. The second kappa shape index (κ2) is 12.5. The van der Waals surface area contributed by atoms with Gasteiger partial charge in [0.25, 0.3) is 5.91 Å². The van der Waals surface area contributed by atoms with Gasteiger partial charge in [0.15, 0.2) is 0 Å². The number of ether oxygens (including phenoxy) is 1. The minimum absolute atomic E-state index is 0.0444. The number of carbonyl (C=O) groups excluding carboxylic acids is 1. The summed E-state index contributed by atoms with van der Waals surface area (Å²) < 4.78 is 8.36. The molecule has 2 aromatic rings. The van der Waals surface area contributed by atoms with Crippen LogP contribution in [-0.2, 0) is 4.79 Å². The van der Waals surface area contributed by atoms with Crippen molar-refractivity contribution >= 4 is 29.8 Å². The maximum Gasteiger partial charge on any atom is 0.323 e.